The number of rotatable bonds is 4. The fourth-order valence-corrected chi connectivity index (χ4v) is 6.94. The molecule has 0 aliphatic carbocycles. The zero-order valence-electron chi connectivity index (χ0n) is 42.4. The van der Waals surface area contributed by atoms with Crippen molar-refractivity contribution < 1.29 is 95.8 Å². The molecule has 21 heteroatoms. The molecule has 0 saturated heterocycles. The Morgan fingerprint density at radius 1 is 0.387 bits per heavy atom. The molecule has 5 N–H and O–H groups in total. The fourth-order valence-electron chi connectivity index (χ4n) is 6.94. The summed E-state index contributed by atoms with van der Waals surface area (Å²) >= 11 is 0. The second-order valence-corrected chi connectivity index (χ2v) is 15.9. The van der Waals surface area contributed by atoms with E-state index in [1.165, 1.54) is 0 Å². The van der Waals surface area contributed by atoms with Crippen molar-refractivity contribution in [1.82, 2.24) is 19.9 Å². The van der Waals surface area contributed by atoms with Gasteiger partial charge < -0.3 is 65.6 Å². The summed E-state index contributed by atoms with van der Waals surface area (Å²) in [5.41, 5.74) is 14.7. The molecule has 0 spiro atoms. The minimum Gasteiger partial charge on any atom is -0.657 e. The van der Waals surface area contributed by atoms with Gasteiger partial charge in [-0.2, -0.15) is 0 Å². The summed E-state index contributed by atoms with van der Waals surface area (Å²) in [4.78, 5) is 66.0. The van der Waals surface area contributed by atoms with Gasteiger partial charge in [0.15, 0.2) is 49.6 Å². The number of aromatic nitrogens is 8. The Bertz CT molecular complexity index is 2850. The molecule has 391 valence electrons. The molecule has 9 rings (SSSR count). The summed E-state index contributed by atoms with van der Waals surface area (Å²) in [6.45, 7) is 4.97. The summed E-state index contributed by atoms with van der Waals surface area (Å²) in [6.07, 6.45) is 24.9. The van der Waals surface area contributed by atoms with Gasteiger partial charge in [-0.05, 0) is 96.5 Å². The zero-order chi connectivity index (χ0) is 53.2. The van der Waals surface area contributed by atoms with Crippen molar-refractivity contribution in [3.05, 3.63) is 145 Å². The molecule has 0 unspecified atom stereocenters. The standard InChI is InChI=1S/C44H36N8.5C2H4O2.Mn.2H2O/c1-49-21-13-29(14-22-49)41-33-5-7-35(45-33)42(30-15-23-50(2)24-16-30)37-9-11-39(47-37)44(32-19-27-52(4)28-20-32)40-12-10-38(48-40)43(36-8-6-34(41)46-36)31-17-25-51(3)26-18-31;5*1-2(3)4;;;/h5-28H,1-4H3;5*1H3,(H,3,4);;2*1H2/q+2;;;;;;+2;;/p-4. The Hall–Kier alpha value is -9.01. The van der Waals surface area contributed by atoms with Gasteiger partial charge in [0.2, 0.25) is 0 Å². The van der Waals surface area contributed by atoms with E-state index in [9.17, 15) is 0 Å². The molecule has 9 heterocycles. The summed E-state index contributed by atoms with van der Waals surface area (Å²) in [5, 5.41) is 43.0. The molecule has 0 saturated carbocycles. The van der Waals surface area contributed by atoms with Gasteiger partial charge in [0.25, 0.3) is 5.97 Å². The van der Waals surface area contributed by atoms with Crippen LogP contribution in [0.25, 0.3) is 90.9 Å². The van der Waals surface area contributed by atoms with Crippen molar-refractivity contribution in [1.29, 1.82) is 0 Å². The van der Waals surface area contributed by atoms with Crippen LogP contribution in [0.1, 0.15) is 57.4 Å². The van der Waals surface area contributed by atoms with Crippen LogP contribution in [0.2, 0.25) is 0 Å². The van der Waals surface area contributed by atoms with E-state index < -0.39 is 29.8 Å². The maximum atomic E-state index is 9.00. The number of carboxylic acid groups (broad SMARTS) is 5. The number of carbonyl (C=O) groups is 5. The molecular weight excluding hydrogens is 1010 g/mol. The summed E-state index contributed by atoms with van der Waals surface area (Å²) < 4.78 is 8.14. The molecule has 20 nitrogen and oxygen atoms in total. The van der Waals surface area contributed by atoms with Crippen LogP contribution < -0.4 is 48.7 Å². The Kier molecular flexibility index (Phi) is 25.7. The third-order valence-electron chi connectivity index (χ3n) is 9.68. The monoisotopic (exact) mass is 1060 g/mol. The first-order valence-electron chi connectivity index (χ1n) is 21.8. The van der Waals surface area contributed by atoms with Crippen molar-refractivity contribution in [3.63, 3.8) is 0 Å². The van der Waals surface area contributed by atoms with Crippen LogP contribution in [0, 0.1) is 0 Å². The van der Waals surface area contributed by atoms with Crippen LogP contribution in [0.5, 0.6) is 0 Å². The molecule has 75 heavy (non-hydrogen) atoms. The number of aliphatic carboxylic acids is 5. The van der Waals surface area contributed by atoms with Crippen LogP contribution in [0.15, 0.2) is 122 Å². The van der Waals surface area contributed by atoms with E-state index in [-0.39, 0.29) is 28.0 Å². The third-order valence-corrected chi connectivity index (χ3v) is 9.68. The number of nitrogens with zero attached hydrogens (tertiary/aromatic N) is 8. The van der Waals surface area contributed by atoms with E-state index >= 15 is 0 Å². The van der Waals surface area contributed by atoms with Gasteiger partial charge in [0.05, 0.1) is 22.8 Å². The van der Waals surface area contributed by atoms with E-state index in [1.807, 2.05) is 46.5 Å². The van der Waals surface area contributed by atoms with Gasteiger partial charge in [0.1, 0.15) is 28.2 Å². The van der Waals surface area contributed by atoms with E-state index in [0.29, 0.717) is 0 Å². The normalized spacial score (nSPS) is 10.0. The largest absolute Gasteiger partial charge is 2.00 e. The first-order valence-corrected chi connectivity index (χ1v) is 21.8. The van der Waals surface area contributed by atoms with Gasteiger partial charge in [-0.1, -0.05) is 24.3 Å². The number of hydrogen-bond donors (Lipinski definition) is 1. The molecule has 0 atom stereocenters. The van der Waals surface area contributed by atoms with Gasteiger partial charge in [-0.3, -0.25) is 4.79 Å². The molecule has 8 bridgehead atoms. The van der Waals surface area contributed by atoms with Gasteiger partial charge >= 0.3 is 17.1 Å². The first-order chi connectivity index (χ1) is 34.0. The zero-order valence-corrected chi connectivity index (χ0v) is 43.6. The molecular formula is C54H56MnN8O12. The van der Waals surface area contributed by atoms with E-state index in [4.69, 9.17) is 69.4 Å². The van der Waals surface area contributed by atoms with Crippen molar-refractivity contribution in [2.45, 2.75) is 34.6 Å². The molecule has 0 amide bonds. The molecule has 0 aromatic carbocycles. The van der Waals surface area contributed by atoms with Crippen molar-refractivity contribution in [2.24, 2.45) is 28.2 Å². The second-order valence-electron chi connectivity index (χ2n) is 15.9. The van der Waals surface area contributed by atoms with E-state index in [2.05, 4.69) is 147 Å². The SMILES string of the molecule is CC(=O)O.CC(=O)[O-].CC(=O)[O-].CC(=O)[O-].CC(=O)[O-].C[n+]1ccc(-c2c3nc(c(-c4cc[n+](C)cc4)c4ccc([n-]4)c(-c4cc[n+](C)cc4)c4nc(c(-c5cc[n+](C)cc5)c5ccc2[n-]5)C=C4)C=C3)cc1.O.O.[Mn+2]. The molecule has 1 radical (unpaired) electrons. The predicted molar refractivity (Wildman–Crippen MR) is 267 cm³/mol. The molecule has 0 fully saturated rings. The number of aryl methyl sites for hydroxylation is 4. The van der Waals surface area contributed by atoms with Crippen LogP contribution in [0.4, 0.5) is 0 Å². The van der Waals surface area contributed by atoms with E-state index in [0.717, 1.165) is 124 Å². The van der Waals surface area contributed by atoms with Crippen molar-refractivity contribution >= 4 is 76.2 Å². The molecule has 2 aliphatic rings. The smallest absolute Gasteiger partial charge is 0.657 e. The van der Waals surface area contributed by atoms with Crippen LogP contribution >= 0.6 is 0 Å². The van der Waals surface area contributed by atoms with Gasteiger partial charge in [-0.15, -0.1) is 22.1 Å². The topological polar surface area (TPSA) is 330 Å². The fraction of sp³-hybridized carbons (Fsp3) is 0.167. The van der Waals surface area contributed by atoms with Crippen molar-refractivity contribution in [3.8, 4) is 44.5 Å². The Labute approximate surface area is 442 Å². The summed E-state index contributed by atoms with van der Waals surface area (Å²) in [6, 6.07) is 25.4. The summed E-state index contributed by atoms with van der Waals surface area (Å²) in [5.74, 6) is -5.17. The van der Waals surface area contributed by atoms with Gasteiger partial charge in [-0.25, -0.2) is 28.2 Å². The van der Waals surface area contributed by atoms with Crippen molar-refractivity contribution in [2.75, 3.05) is 0 Å². The Balaban J connectivity index is 0.00000106. The van der Waals surface area contributed by atoms with Crippen LogP contribution in [-0.4, -0.2) is 55.9 Å². The number of carboxylic acids is 5. The quantitative estimate of drug-likeness (QED) is 0.169. The second kappa shape index (κ2) is 30.1. The van der Waals surface area contributed by atoms with Crippen LogP contribution in [-0.2, 0) is 69.2 Å². The van der Waals surface area contributed by atoms with E-state index in [1.54, 1.807) is 0 Å². The summed E-state index contributed by atoms with van der Waals surface area (Å²) in [7, 11) is 8.10. The minimum atomic E-state index is -1.08. The first kappa shape index (κ1) is 64.0. The molecule has 2 aliphatic heterocycles. The Morgan fingerprint density at radius 3 is 0.680 bits per heavy atom. The predicted octanol–water partition coefficient (Wildman–Crippen LogP) is -0.656. The van der Waals surface area contributed by atoms with Gasteiger partial charge in [0, 0.05) is 79.3 Å². The molecule has 7 aromatic heterocycles. The Morgan fingerprint density at radius 2 is 0.533 bits per heavy atom. The van der Waals surface area contributed by atoms with Crippen LogP contribution in [0.3, 0.4) is 0 Å². The minimum absolute atomic E-state index is 0. The molecule has 7 aromatic rings. The maximum Gasteiger partial charge on any atom is 2.00 e. The number of hydrogen-bond acceptors (Lipinski definition) is 11. The third kappa shape index (κ3) is 19.5. The average molecular weight is 1060 g/mol. The maximum absolute atomic E-state index is 9.00. The number of carbonyl (C=O) groups excluding carboxylic acids is 4. The number of pyridine rings is 4. The average Bonchev–Trinajstić information content (AvgIpc) is 4.14. The number of fused-ring (bicyclic) bond motifs is 8.